The van der Waals surface area contributed by atoms with Gasteiger partial charge in [-0.2, -0.15) is 15.0 Å². The molecule has 2 aromatic carbocycles. The van der Waals surface area contributed by atoms with E-state index in [1.807, 2.05) is 42.5 Å². The van der Waals surface area contributed by atoms with Gasteiger partial charge in [0.25, 0.3) is 0 Å². The Morgan fingerprint density at radius 2 is 1.55 bits per heavy atom. The van der Waals surface area contributed by atoms with E-state index >= 15 is 0 Å². The summed E-state index contributed by atoms with van der Waals surface area (Å²) in [6.45, 7) is 0. The second kappa shape index (κ2) is 10.0. The summed E-state index contributed by atoms with van der Waals surface area (Å²) < 4.78 is 0. The molecule has 0 atom stereocenters. The average Bonchev–Trinajstić information content (AvgIpc) is 2.81. The Morgan fingerprint density at radius 3 is 2.18 bits per heavy atom. The van der Waals surface area contributed by atoms with Crippen LogP contribution in [-0.4, -0.2) is 32.4 Å². The van der Waals surface area contributed by atoms with Crippen molar-refractivity contribution in [2.45, 2.75) is 0 Å². The number of aromatic nitrogens is 4. The number of carbonyl (C=O) groups is 1. The molecule has 2 aromatic heterocycles. The number of hydrogen-bond acceptors (Lipinski definition) is 7. The van der Waals surface area contributed by atoms with Crippen molar-refractivity contribution >= 4 is 58.6 Å². The van der Waals surface area contributed by atoms with Crippen molar-refractivity contribution < 1.29 is 4.79 Å². The first kappa shape index (κ1) is 22.1. The Balaban J connectivity index is 1.52. The first-order valence-electron chi connectivity index (χ1n) is 9.58. The molecule has 4 rings (SSSR count). The molecular formula is C22H16Cl2N8O. The molecular weight excluding hydrogens is 463 g/mol. The van der Waals surface area contributed by atoms with Crippen LogP contribution in [-0.2, 0) is 0 Å². The number of rotatable bonds is 6. The van der Waals surface area contributed by atoms with E-state index in [1.165, 1.54) is 0 Å². The van der Waals surface area contributed by atoms with E-state index < -0.39 is 0 Å². The molecule has 0 aliphatic rings. The molecule has 0 saturated carbocycles. The number of nitrogens with zero attached hydrogens (tertiary/aromatic N) is 5. The molecule has 0 bridgehead atoms. The number of nitrogens with two attached hydrogens (primary N) is 1. The summed E-state index contributed by atoms with van der Waals surface area (Å²) in [4.78, 5) is 23.4. The van der Waals surface area contributed by atoms with E-state index in [4.69, 9.17) is 28.9 Å². The highest BCUT2D eigenvalue weighted by molar-refractivity contribution is 6.37. The van der Waals surface area contributed by atoms with E-state index in [0.29, 0.717) is 23.5 Å². The van der Waals surface area contributed by atoms with Crippen molar-refractivity contribution in [2.24, 2.45) is 10.7 Å². The molecule has 11 heteroatoms. The van der Waals surface area contributed by atoms with Crippen molar-refractivity contribution in [3.63, 3.8) is 0 Å². The smallest absolute Gasteiger partial charge is 0.230 e. The fraction of sp³-hybridized carbons (Fsp3) is 0. The van der Waals surface area contributed by atoms with Crippen molar-refractivity contribution in [1.82, 2.24) is 20.2 Å². The Labute approximate surface area is 198 Å². The minimum absolute atomic E-state index is 0.0195. The fourth-order valence-electron chi connectivity index (χ4n) is 2.83. The summed E-state index contributed by atoms with van der Waals surface area (Å²) in [7, 11) is 0. The molecule has 2 heterocycles. The number of nitrogens with one attached hydrogen (secondary N) is 2. The predicted octanol–water partition coefficient (Wildman–Crippen LogP) is 4.85. The van der Waals surface area contributed by atoms with Crippen LogP contribution in [0, 0.1) is 0 Å². The third-order valence-corrected chi connectivity index (χ3v) is 4.94. The van der Waals surface area contributed by atoms with E-state index in [0.717, 1.165) is 11.3 Å². The van der Waals surface area contributed by atoms with E-state index in [1.54, 1.807) is 24.3 Å². The maximum atomic E-state index is 11.0. The SMILES string of the molecule is NC(=Nc1ccc(-c2ccccc2)nn1)Nc1ccccc1Nc1nc(Cl)c(C=O)c(Cl)n1. The number of benzene rings is 2. The van der Waals surface area contributed by atoms with Crippen LogP contribution >= 0.6 is 23.2 Å². The topological polar surface area (TPSA) is 131 Å². The van der Waals surface area contributed by atoms with Crippen LogP contribution in [0.15, 0.2) is 71.7 Å². The third-order valence-electron chi connectivity index (χ3n) is 4.36. The number of carbonyl (C=O) groups excluding carboxylic acids is 1. The van der Waals surface area contributed by atoms with Crippen LogP contribution in [0.3, 0.4) is 0 Å². The molecule has 0 aliphatic heterocycles. The largest absolute Gasteiger partial charge is 0.369 e. The Morgan fingerprint density at radius 1 is 0.879 bits per heavy atom. The van der Waals surface area contributed by atoms with Gasteiger partial charge in [-0.1, -0.05) is 65.7 Å². The van der Waals surface area contributed by atoms with E-state index in [9.17, 15) is 4.79 Å². The molecule has 0 amide bonds. The first-order chi connectivity index (χ1) is 16.0. The molecule has 0 radical (unpaired) electrons. The van der Waals surface area contributed by atoms with Gasteiger partial charge in [-0.15, -0.1) is 10.2 Å². The van der Waals surface area contributed by atoms with Crippen molar-refractivity contribution in [3.8, 4) is 11.3 Å². The maximum Gasteiger partial charge on any atom is 0.230 e. The van der Waals surface area contributed by atoms with Crippen LogP contribution in [0.5, 0.6) is 0 Å². The van der Waals surface area contributed by atoms with Gasteiger partial charge in [-0.25, -0.2) is 0 Å². The average molecular weight is 479 g/mol. The standard InChI is InChI=1S/C22H16Cl2N8O/c23-19-14(12-33)20(24)30-22(29-19)27-17-9-5-4-8-16(17)26-21(25)28-18-11-10-15(31-32-18)13-6-2-1-3-7-13/h1-12H,(H,27,29,30)(H3,25,26,28,32). The minimum atomic E-state index is -0.0588. The lowest BCUT2D eigenvalue weighted by molar-refractivity contribution is 0.112. The van der Waals surface area contributed by atoms with Crippen molar-refractivity contribution in [3.05, 3.63) is 82.6 Å². The Hall–Kier alpha value is -4.08. The summed E-state index contributed by atoms with van der Waals surface area (Å²) >= 11 is 12.0. The zero-order chi connectivity index (χ0) is 23.2. The maximum absolute atomic E-state index is 11.0. The van der Waals surface area contributed by atoms with Gasteiger partial charge in [-0.3, -0.25) is 4.79 Å². The number of halogens is 2. The van der Waals surface area contributed by atoms with Crippen LogP contribution < -0.4 is 16.4 Å². The highest BCUT2D eigenvalue weighted by atomic mass is 35.5. The second-order valence-electron chi connectivity index (χ2n) is 6.60. The summed E-state index contributed by atoms with van der Waals surface area (Å²) in [6, 6.07) is 20.4. The molecule has 4 aromatic rings. The summed E-state index contributed by atoms with van der Waals surface area (Å²) in [6.07, 6.45) is 0.496. The molecule has 0 aliphatic carbocycles. The van der Waals surface area contributed by atoms with Gasteiger partial charge in [0.1, 0.15) is 10.3 Å². The van der Waals surface area contributed by atoms with E-state index in [-0.39, 0.29) is 27.8 Å². The van der Waals surface area contributed by atoms with Gasteiger partial charge in [0, 0.05) is 5.56 Å². The number of hydrogen-bond donors (Lipinski definition) is 3. The Kier molecular flexibility index (Phi) is 6.72. The zero-order valence-corrected chi connectivity index (χ0v) is 18.4. The summed E-state index contributed by atoms with van der Waals surface area (Å²) in [5.74, 6) is 0.554. The third kappa shape index (κ3) is 5.40. The summed E-state index contributed by atoms with van der Waals surface area (Å²) in [5, 5.41) is 14.2. The van der Waals surface area contributed by atoms with Crippen LogP contribution in [0.4, 0.5) is 23.1 Å². The molecule has 164 valence electrons. The van der Waals surface area contributed by atoms with Gasteiger partial charge >= 0.3 is 0 Å². The molecule has 0 spiro atoms. The van der Waals surface area contributed by atoms with Crippen LogP contribution in [0.25, 0.3) is 11.3 Å². The summed E-state index contributed by atoms with van der Waals surface area (Å²) in [5.41, 5.74) is 8.93. The van der Waals surface area contributed by atoms with Gasteiger partial charge < -0.3 is 16.4 Å². The number of aliphatic imine (C=N–C) groups is 1. The first-order valence-corrected chi connectivity index (χ1v) is 10.3. The van der Waals surface area contributed by atoms with Gasteiger partial charge in [0.15, 0.2) is 18.1 Å². The van der Waals surface area contributed by atoms with Gasteiger partial charge in [-0.05, 0) is 24.3 Å². The fourth-order valence-corrected chi connectivity index (χ4v) is 3.30. The lowest BCUT2D eigenvalue weighted by Crippen LogP contribution is -2.22. The van der Waals surface area contributed by atoms with Gasteiger partial charge in [0.2, 0.25) is 5.95 Å². The zero-order valence-electron chi connectivity index (χ0n) is 16.9. The minimum Gasteiger partial charge on any atom is -0.369 e. The van der Waals surface area contributed by atoms with Crippen LogP contribution in [0.2, 0.25) is 10.3 Å². The quantitative estimate of drug-likeness (QED) is 0.155. The number of aldehydes is 1. The lowest BCUT2D eigenvalue weighted by Gasteiger charge is -2.13. The second-order valence-corrected chi connectivity index (χ2v) is 7.31. The van der Waals surface area contributed by atoms with E-state index in [2.05, 4.69) is 35.8 Å². The molecule has 9 nitrogen and oxygen atoms in total. The molecule has 0 fully saturated rings. The van der Waals surface area contributed by atoms with Gasteiger partial charge in [0.05, 0.1) is 22.6 Å². The highest BCUT2D eigenvalue weighted by Gasteiger charge is 2.12. The molecule has 0 saturated heterocycles. The molecule has 0 unspecified atom stereocenters. The van der Waals surface area contributed by atoms with Crippen molar-refractivity contribution in [1.29, 1.82) is 0 Å². The predicted molar refractivity (Wildman–Crippen MR) is 130 cm³/mol. The normalized spacial score (nSPS) is 11.2. The molecule has 33 heavy (non-hydrogen) atoms. The lowest BCUT2D eigenvalue weighted by atomic mass is 10.1. The highest BCUT2D eigenvalue weighted by Crippen LogP contribution is 2.27. The monoisotopic (exact) mass is 478 g/mol. The molecule has 4 N–H and O–H groups in total. The number of anilines is 3. The van der Waals surface area contributed by atoms with Crippen LogP contribution in [0.1, 0.15) is 10.4 Å². The van der Waals surface area contributed by atoms with Crippen molar-refractivity contribution in [2.75, 3.05) is 10.6 Å². The number of para-hydroxylation sites is 2. The Bertz CT molecular complexity index is 1290. The number of guanidine groups is 1.